The van der Waals surface area contributed by atoms with Crippen molar-refractivity contribution >= 4 is 17.5 Å². The first kappa shape index (κ1) is 21.0. The number of amides is 2. The van der Waals surface area contributed by atoms with Gasteiger partial charge in [0.05, 0.1) is 11.6 Å². The molecule has 3 aromatic rings. The van der Waals surface area contributed by atoms with E-state index in [1.807, 2.05) is 6.07 Å². The number of pyridine rings is 1. The number of carbonyl (C=O) groups excluding carboxylic acids is 2. The van der Waals surface area contributed by atoms with E-state index in [0.29, 0.717) is 48.0 Å². The normalized spacial score (nSPS) is 16.8. The summed E-state index contributed by atoms with van der Waals surface area (Å²) in [7, 11) is 3.16. The van der Waals surface area contributed by atoms with Crippen LogP contribution < -0.4 is 9.64 Å². The van der Waals surface area contributed by atoms with Crippen LogP contribution in [0.15, 0.2) is 42.9 Å². The summed E-state index contributed by atoms with van der Waals surface area (Å²) < 4.78 is 20.1. The van der Waals surface area contributed by atoms with Gasteiger partial charge in [-0.15, -0.1) is 0 Å². The van der Waals surface area contributed by atoms with Crippen LogP contribution >= 0.6 is 0 Å². The summed E-state index contributed by atoms with van der Waals surface area (Å²) in [6.45, 7) is 0.473. The molecule has 1 fully saturated rings. The van der Waals surface area contributed by atoms with Crippen LogP contribution in [0, 0.1) is 5.82 Å². The van der Waals surface area contributed by atoms with Gasteiger partial charge in [0.2, 0.25) is 11.8 Å². The number of anilines is 1. The molecule has 4 heterocycles. The average molecular weight is 447 g/mol. The fraction of sp³-hybridized carbons (Fsp3) is 0.292. The van der Waals surface area contributed by atoms with Crippen molar-refractivity contribution in [1.29, 1.82) is 0 Å². The molecule has 0 bridgehead atoms. The summed E-state index contributed by atoms with van der Waals surface area (Å²) in [5.74, 6) is 0.153. The Kier molecular flexibility index (Phi) is 5.24. The van der Waals surface area contributed by atoms with E-state index in [4.69, 9.17) is 4.74 Å². The quantitative estimate of drug-likeness (QED) is 0.611. The number of halogens is 1. The van der Waals surface area contributed by atoms with Crippen molar-refractivity contribution < 1.29 is 18.7 Å². The Balaban J connectivity index is 1.35. The van der Waals surface area contributed by atoms with E-state index in [0.717, 1.165) is 12.0 Å². The first-order chi connectivity index (χ1) is 15.9. The Morgan fingerprint density at radius 3 is 2.67 bits per heavy atom. The average Bonchev–Trinajstić information content (AvgIpc) is 3.20. The van der Waals surface area contributed by atoms with Crippen molar-refractivity contribution in [3.63, 3.8) is 0 Å². The van der Waals surface area contributed by atoms with Crippen molar-refractivity contribution in [2.75, 3.05) is 25.6 Å². The molecule has 2 amide bonds. The number of rotatable bonds is 4. The molecule has 0 N–H and O–H groups in total. The van der Waals surface area contributed by atoms with Gasteiger partial charge in [0.25, 0.3) is 5.91 Å². The molecule has 33 heavy (non-hydrogen) atoms. The van der Waals surface area contributed by atoms with Gasteiger partial charge < -0.3 is 14.5 Å². The van der Waals surface area contributed by atoms with Crippen LogP contribution in [-0.4, -0.2) is 58.4 Å². The molecule has 0 radical (unpaired) electrons. The van der Waals surface area contributed by atoms with Gasteiger partial charge in [0.1, 0.15) is 23.9 Å². The van der Waals surface area contributed by atoms with E-state index in [1.165, 1.54) is 17.0 Å². The molecule has 0 spiro atoms. The molecule has 2 aliphatic heterocycles. The SMILES string of the molecule is CN(C)C(=O)c1ccc(-c2cnc(Cc3cnc4c(c3)N3C(=O)CC[C@H]3CO4)nc2)cc1F. The lowest BCUT2D eigenvalue weighted by atomic mass is 10.1. The third-order valence-corrected chi connectivity index (χ3v) is 5.89. The van der Waals surface area contributed by atoms with Crippen molar-refractivity contribution in [3.8, 4) is 17.0 Å². The fourth-order valence-corrected chi connectivity index (χ4v) is 4.16. The van der Waals surface area contributed by atoms with Crippen LogP contribution in [0.25, 0.3) is 11.1 Å². The highest BCUT2D eigenvalue weighted by molar-refractivity contribution is 5.98. The number of carbonyl (C=O) groups is 2. The molecule has 9 heteroatoms. The van der Waals surface area contributed by atoms with Gasteiger partial charge in [0, 0.05) is 51.1 Å². The van der Waals surface area contributed by atoms with Gasteiger partial charge >= 0.3 is 0 Å². The smallest absolute Gasteiger partial charge is 0.256 e. The summed E-state index contributed by atoms with van der Waals surface area (Å²) in [6, 6.07) is 6.43. The lowest BCUT2D eigenvalue weighted by Crippen LogP contribution is -2.40. The van der Waals surface area contributed by atoms with Crippen molar-refractivity contribution in [2.45, 2.75) is 25.3 Å². The maximum absolute atomic E-state index is 14.4. The van der Waals surface area contributed by atoms with Crippen LogP contribution in [0.4, 0.5) is 10.1 Å². The topological polar surface area (TPSA) is 88.5 Å². The second-order valence-electron chi connectivity index (χ2n) is 8.39. The maximum Gasteiger partial charge on any atom is 0.256 e. The summed E-state index contributed by atoms with van der Waals surface area (Å²) in [5.41, 5.74) is 2.81. The first-order valence-corrected chi connectivity index (χ1v) is 10.7. The highest BCUT2D eigenvalue weighted by Gasteiger charge is 2.38. The highest BCUT2D eigenvalue weighted by Crippen LogP contribution is 2.37. The highest BCUT2D eigenvalue weighted by atomic mass is 19.1. The molecule has 168 valence electrons. The summed E-state index contributed by atoms with van der Waals surface area (Å²) >= 11 is 0. The Morgan fingerprint density at radius 2 is 1.94 bits per heavy atom. The van der Waals surface area contributed by atoms with Gasteiger partial charge in [-0.05, 0) is 35.7 Å². The van der Waals surface area contributed by atoms with Gasteiger partial charge in [-0.3, -0.25) is 9.59 Å². The molecule has 0 saturated carbocycles. The zero-order valence-electron chi connectivity index (χ0n) is 18.3. The Labute approximate surface area is 190 Å². The molecule has 1 aromatic carbocycles. The number of aromatic nitrogens is 3. The molecule has 2 aromatic heterocycles. The summed E-state index contributed by atoms with van der Waals surface area (Å²) in [4.78, 5) is 40.6. The molecule has 8 nitrogen and oxygen atoms in total. The van der Waals surface area contributed by atoms with E-state index in [-0.39, 0.29) is 17.5 Å². The maximum atomic E-state index is 14.4. The molecule has 0 unspecified atom stereocenters. The van der Waals surface area contributed by atoms with Crippen LogP contribution in [0.2, 0.25) is 0 Å². The van der Waals surface area contributed by atoms with Crippen molar-refractivity contribution in [3.05, 3.63) is 65.6 Å². The molecular formula is C24H22FN5O3. The monoisotopic (exact) mass is 447 g/mol. The third-order valence-electron chi connectivity index (χ3n) is 5.89. The lowest BCUT2D eigenvalue weighted by molar-refractivity contribution is -0.117. The Bertz CT molecular complexity index is 1250. The number of benzene rings is 1. The minimum absolute atomic E-state index is 0.0175. The van der Waals surface area contributed by atoms with Crippen molar-refractivity contribution in [2.24, 2.45) is 0 Å². The number of hydrogen-bond donors (Lipinski definition) is 0. The Morgan fingerprint density at radius 1 is 1.15 bits per heavy atom. The van der Waals surface area contributed by atoms with Crippen LogP contribution in [0.5, 0.6) is 5.88 Å². The summed E-state index contributed by atoms with van der Waals surface area (Å²) in [5, 5.41) is 0. The fourth-order valence-electron chi connectivity index (χ4n) is 4.16. The molecule has 1 atom stereocenters. The number of nitrogens with zero attached hydrogens (tertiary/aromatic N) is 5. The predicted molar refractivity (Wildman–Crippen MR) is 118 cm³/mol. The second-order valence-corrected chi connectivity index (χ2v) is 8.39. The first-order valence-electron chi connectivity index (χ1n) is 10.7. The lowest BCUT2D eigenvalue weighted by Gasteiger charge is -2.31. The van der Waals surface area contributed by atoms with Gasteiger partial charge in [-0.2, -0.15) is 0 Å². The molecule has 5 rings (SSSR count). The van der Waals surface area contributed by atoms with Gasteiger partial charge in [-0.1, -0.05) is 6.07 Å². The minimum Gasteiger partial charge on any atom is -0.474 e. The molecular weight excluding hydrogens is 425 g/mol. The van der Waals surface area contributed by atoms with E-state index in [1.54, 1.807) is 43.7 Å². The second kappa shape index (κ2) is 8.23. The Hall–Kier alpha value is -3.88. The number of ether oxygens (including phenoxy) is 1. The van der Waals surface area contributed by atoms with E-state index >= 15 is 0 Å². The molecule has 2 aliphatic rings. The van der Waals surface area contributed by atoms with Crippen LogP contribution in [0.3, 0.4) is 0 Å². The molecule has 1 saturated heterocycles. The standard InChI is InChI=1S/C24H22FN5O3/c1-29(2)24(32)18-5-3-15(9-19(18)25)16-11-26-21(27-12-16)8-14-7-20-23(28-10-14)33-13-17-4-6-22(31)30(17)20/h3,5,7,9-12,17H,4,6,8,13H2,1-2H3/t17-/m0/s1. The zero-order valence-corrected chi connectivity index (χ0v) is 18.3. The minimum atomic E-state index is -0.590. The largest absolute Gasteiger partial charge is 0.474 e. The van der Waals surface area contributed by atoms with Gasteiger partial charge in [0.15, 0.2) is 0 Å². The van der Waals surface area contributed by atoms with Gasteiger partial charge in [-0.25, -0.2) is 19.3 Å². The van der Waals surface area contributed by atoms with E-state index in [2.05, 4.69) is 15.0 Å². The third kappa shape index (κ3) is 3.90. The number of fused-ring (bicyclic) bond motifs is 3. The summed E-state index contributed by atoms with van der Waals surface area (Å²) in [6.07, 6.45) is 6.69. The van der Waals surface area contributed by atoms with E-state index in [9.17, 15) is 14.0 Å². The predicted octanol–water partition coefficient (Wildman–Crippen LogP) is 2.86. The zero-order chi connectivity index (χ0) is 23.1. The van der Waals surface area contributed by atoms with E-state index < -0.39 is 11.7 Å². The van der Waals surface area contributed by atoms with Crippen LogP contribution in [0.1, 0.15) is 34.6 Å². The van der Waals surface area contributed by atoms with Crippen LogP contribution in [-0.2, 0) is 11.2 Å². The van der Waals surface area contributed by atoms with Crippen molar-refractivity contribution in [1.82, 2.24) is 19.9 Å². The molecule has 0 aliphatic carbocycles. The number of hydrogen-bond acceptors (Lipinski definition) is 6.